The Bertz CT molecular complexity index is 872. The average molecular weight is 385 g/mol. The first-order valence-corrected chi connectivity index (χ1v) is 10.5. The lowest BCUT2D eigenvalue weighted by atomic mass is 10.2. The molecule has 1 amide bonds. The summed E-state index contributed by atoms with van der Waals surface area (Å²) in [5.74, 6) is 1.41. The van der Waals surface area contributed by atoms with Crippen LogP contribution in [-0.4, -0.2) is 34.7 Å². The Kier molecular flexibility index (Phi) is 5.36. The fourth-order valence-corrected chi connectivity index (χ4v) is 4.88. The van der Waals surface area contributed by atoms with Gasteiger partial charge in [0.25, 0.3) is 0 Å². The molecule has 0 bridgehead atoms. The number of fused-ring (bicyclic) bond motifs is 1. The lowest BCUT2D eigenvalue weighted by molar-refractivity contribution is -0.118. The lowest BCUT2D eigenvalue weighted by Gasteiger charge is -2.16. The zero-order valence-corrected chi connectivity index (χ0v) is 16.0. The number of amides is 1. The van der Waals surface area contributed by atoms with E-state index in [1.807, 2.05) is 30.5 Å². The van der Waals surface area contributed by atoms with Crippen molar-refractivity contribution in [3.05, 3.63) is 48.2 Å². The van der Waals surface area contributed by atoms with Crippen molar-refractivity contribution in [2.75, 3.05) is 23.7 Å². The molecule has 1 aliphatic rings. The molecule has 0 saturated carbocycles. The Morgan fingerprint density at radius 2 is 2.08 bits per heavy atom. The number of rotatable bonds is 6. The number of benzene rings is 1. The SMILES string of the molecule is O=C(CSc1nc2ccccc2s1)NCc1ccnc(N2CCCC2)c1. The molecule has 134 valence electrons. The van der Waals surface area contributed by atoms with Crippen molar-refractivity contribution in [2.45, 2.75) is 23.7 Å². The second kappa shape index (κ2) is 8.05. The molecule has 0 spiro atoms. The van der Waals surface area contributed by atoms with Crippen LogP contribution in [0, 0.1) is 0 Å². The lowest BCUT2D eigenvalue weighted by Crippen LogP contribution is -2.25. The predicted molar refractivity (Wildman–Crippen MR) is 108 cm³/mol. The molecule has 4 rings (SSSR count). The smallest absolute Gasteiger partial charge is 0.230 e. The summed E-state index contributed by atoms with van der Waals surface area (Å²) in [6.07, 6.45) is 4.28. The molecular weight excluding hydrogens is 364 g/mol. The zero-order valence-electron chi connectivity index (χ0n) is 14.4. The maximum Gasteiger partial charge on any atom is 0.230 e. The molecule has 3 aromatic rings. The molecular formula is C19H20N4OS2. The summed E-state index contributed by atoms with van der Waals surface area (Å²) in [7, 11) is 0. The molecule has 2 aromatic heterocycles. The number of aromatic nitrogens is 2. The van der Waals surface area contributed by atoms with Crippen LogP contribution in [0.2, 0.25) is 0 Å². The number of hydrogen-bond acceptors (Lipinski definition) is 6. The van der Waals surface area contributed by atoms with Gasteiger partial charge in [-0.15, -0.1) is 11.3 Å². The summed E-state index contributed by atoms with van der Waals surface area (Å²) in [6, 6.07) is 12.1. The quantitative estimate of drug-likeness (QED) is 0.657. The van der Waals surface area contributed by atoms with E-state index in [-0.39, 0.29) is 5.91 Å². The van der Waals surface area contributed by atoms with Gasteiger partial charge in [0.05, 0.1) is 16.0 Å². The number of carbonyl (C=O) groups is 1. The summed E-state index contributed by atoms with van der Waals surface area (Å²) in [5, 5.41) is 2.99. The molecule has 7 heteroatoms. The third kappa shape index (κ3) is 4.16. The molecule has 5 nitrogen and oxygen atoms in total. The molecule has 1 saturated heterocycles. The number of nitrogens with zero attached hydrogens (tertiary/aromatic N) is 3. The summed E-state index contributed by atoms with van der Waals surface area (Å²) >= 11 is 3.12. The Hall–Kier alpha value is -2.12. The van der Waals surface area contributed by atoms with Gasteiger partial charge in [-0.25, -0.2) is 9.97 Å². The highest BCUT2D eigenvalue weighted by atomic mass is 32.2. The highest BCUT2D eigenvalue weighted by molar-refractivity contribution is 8.01. The van der Waals surface area contributed by atoms with E-state index in [1.165, 1.54) is 24.6 Å². The van der Waals surface area contributed by atoms with E-state index in [4.69, 9.17) is 0 Å². The van der Waals surface area contributed by atoms with E-state index in [9.17, 15) is 4.79 Å². The van der Waals surface area contributed by atoms with Gasteiger partial charge in [-0.3, -0.25) is 4.79 Å². The van der Waals surface area contributed by atoms with E-state index in [2.05, 4.69) is 32.3 Å². The summed E-state index contributed by atoms with van der Waals surface area (Å²) in [6.45, 7) is 2.67. The Morgan fingerprint density at radius 1 is 1.23 bits per heavy atom. The van der Waals surface area contributed by atoms with Crippen LogP contribution in [0.5, 0.6) is 0 Å². The van der Waals surface area contributed by atoms with E-state index in [1.54, 1.807) is 11.3 Å². The van der Waals surface area contributed by atoms with E-state index >= 15 is 0 Å². The summed E-state index contributed by atoms with van der Waals surface area (Å²) in [4.78, 5) is 23.5. The minimum Gasteiger partial charge on any atom is -0.357 e. The normalized spacial score (nSPS) is 14.1. The van der Waals surface area contributed by atoms with Gasteiger partial charge >= 0.3 is 0 Å². The molecule has 0 aliphatic carbocycles. The largest absolute Gasteiger partial charge is 0.357 e. The molecule has 1 aromatic carbocycles. The van der Waals surface area contributed by atoms with Crippen LogP contribution in [0.4, 0.5) is 5.82 Å². The number of thiazole rings is 1. The monoisotopic (exact) mass is 384 g/mol. The van der Waals surface area contributed by atoms with E-state index in [0.29, 0.717) is 12.3 Å². The summed E-state index contributed by atoms with van der Waals surface area (Å²) in [5.41, 5.74) is 2.08. The van der Waals surface area contributed by atoms with Gasteiger partial charge in [-0.05, 0) is 42.7 Å². The van der Waals surface area contributed by atoms with Gasteiger partial charge in [0.2, 0.25) is 5.91 Å². The highest BCUT2D eigenvalue weighted by Crippen LogP contribution is 2.29. The fraction of sp³-hybridized carbons (Fsp3) is 0.316. The van der Waals surface area contributed by atoms with Crippen molar-refractivity contribution in [1.29, 1.82) is 0 Å². The predicted octanol–water partition coefficient (Wildman–Crippen LogP) is 3.70. The van der Waals surface area contributed by atoms with Crippen LogP contribution >= 0.6 is 23.1 Å². The number of nitrogens with one attached hydrogen (secondary N) is 1. The second-order valence-corrected chi connectivity index (χ2v) is 8.48. The van der Waals surface area contributed by atoms with Gasteiger partial charge < -0.3 is 10.2 Å². The molecule has 3 heterocycles. The van der Waals surface area contributed by atoms with Crippen molar-refractivity contribution in [2.24, 2.45) is 0 Å². The van der Waals surface area contributed by atoms with Gasteiger partial charge in [-0.1, -0.05) is 23.9 Å². The molecule has 1 fully saturated rings. The Balaban J connectivity index is 1.29. The number of thioether (sulfide) groups is 1. The van der Waals surface area contributed by atoms with Crippen molar-refractivity contribution < 1.29 is 4.79 Å². The Morgan fingerprint density at radius 3 is 2.92 bits per heavy atom. The van der Waals surface area contributed by atoms with Crippen LogP contribution in [-0.2, 0) is 11.3 Å². The topological polar surface area (TPSA) is 58.1 Å². The van der Waals surface area contributed by atoms with Gasteiger partial charge in [-0.2, -0.15) is 0 Å². The molecule has 1 aliphatic heterocycles. The van der Waals surface area contributed by atoms with Crippen molar-refractivity contribution in [3.8, 4) is 0 Å². The van der Waals surface area contributed by atoms with Crippen LogP contribution in [0.3, 0.4) is 0 Å². The van der Waals surface area contributed by atoms with Crippen molar-refractivity contribution >= 4 is 45.0 Å². The third-order valence-electron chi connectivity index (χ3n) is 4.33. The first-order chi connectivity index (χ1) is 12.8. The Labute approximate surface area is 160 Å². The van der Waals surface area contributed by atoms with Crippen molar-refractivity contribution in [1.82, 2.24) is 15.3 Å². The maximum absolute atomic E-state index is 12.2. The minimum atomic E-state index is 0.0220. The van der Waals surface area contributed by atoms with Crippen LogP contribution < -0.4 is 10.2 Å². The fourth-order valence-electron chi connectivity index (χ4n) is 2.98. The number of carbonyl (C=O) groups excluding carboxylic acids is 1. The molecule has 1 N–H and O–H groups in total. The van der Waals surface area contributed by atoms with Crippen LogP contribution in [0.15, 0.2) is 46.9 Å². The van der Waals surface area contributed by atoms with Crippen LogP contribution in [0.25, 0.3) is 10.2 Å². The second-order valence-electron chi connectivity index (χ2n) is 6.23. The third-order valence-corrected chi connectivity index (χ3v) is 6.51. The molecule has 26 heavy (non-hydrogen) atoms. The summed E-state index contributed by atoms with van der Waals surface area (Å²) < 4.78 is 2.09. The maximum atomic E-state index is 12.2. The number of hydrogen-bond donors (Lipinski definition) is 1. The standard InChI is InChI=1S/C19H20N4OS2/c24-18(13-25-19-22-15-5-1-2-6-16(15)26-19)21-12-14-7-8-20-17(11-14)23-9-3-4-10-23/h1-2,5-8,11H,3-4,9-10,12-13H2,(H,21,24). The zero-order chi connectivity index (χ0) is 17.8. The average Bonchev–Trinajstić information content (AvgIpc) is 3.34. The van der Waals surface area contributed by atoms with Crippen molar-refractivity contribution in [3.63, 3.8) is 0 Å². The van der Waals surface area contributed by atoms with Gasteiger partial charge in [0, 0.05) is 25.8 Å². The highest BCUT2D eigenvalue weighted by Gasteiger charge is 2.14. The number of pyridine rings is 1. The van der Waals surface area contributed by atoms with E-state index < -0.39 is 0 Å². The molecule has 0 atom stereocenters. The number of para-hydroxylation sites is 1. The number of anilines is 1. The first kappa shape index (κ1) is 17.3. The minimum absolute atomic E-state index is 0.0220. The van der Waals surface area contributed by atoms with Gasteiger partial charge in [0.1, 0.15) is 5.82 Å². The first-order valence-electron chi connectivity index (χ1n) is 8.73. The van der Waals surface area contributed by atoms with E-state index in [0.717, 1.165) is 39.0 Å². The molecule has 0 unspecified atom stereocenters. The van der Waals surface area contributed by atoms with Gasteiger partial charge in [0.15, 0.2) is 4.34 Å². The molecule has 0 radical (unpaired) electrons. The van der Waals surface area contributed by atoms with Crippen LogP contribution in [0.1, 0.15) is 18.4 Å².